The normalized spacial score (nSPS) is 20.1. The molecule has 0 aliphatic carbocycles. The molecule has 0 aromatic carbocycles. The molecule has 86 valence electrons. The highest BCUT2D eigenvalue weighted by atomic mass is 16.5. The Morgan fingerprint density at radius 3 is 2.29 bits per heavy atom. The fourth-order valence-corrected chi connectivity index (χ4v) is 1.39. The molecular weight excluding hydrogens is 178 g/mol. The Morgan fingerprint density at radius 2 is 1.86 bits per heavy atom. The lowest BCUT2D eigenvalue weighted by molar-refractivity contribution is 0.00962. The summed E-state index contributed by atoms with van der Waals surface area (Å²) in [5.74, 6) is 0.386. The van der Waals surface area contributed by atoms with Crippen LogP contribution in [0, 0.1) is 5.92 Å². The second-order valence-electron chi connectivity index (χ2n) is 4.28. The van der Waals surface area contributed by atoms with Gasteiger partial charge in [-0.15, -0.1) is 0 Å². The zero-order valence-corrected chi connectivity index (χ0v) is 9.86. The van der Waals surface area contributed by atoms with E-state index >= 15 is 0 Å². The van der Waals surface area contributed by atoms with Crippen molar-refractivity contribution < 1.29 is 9.84 Å². The van der Waals surface area contributed by atoms with Gasteiger partial charge in [-0.2, -0.15) is 0 Å². The SMILES string of the molecule is CCC(N)C(C)COC(C)CC(C)O. The first-order valence-electron chi connectivity index (χ1n) is 5.52. The van der Waals surface area contributed by atoms with E-state index in [0.717, 1.165) is 6.42 Å². The Balaban J connectivity index is 3.60. The van der Waals surface area contributed by atoms with Crippen LogP contribution in [0.1, 0.15) is 40.5 Å². The van der Waals surface area contributed by atoms with Gasteiger partial charge in [0.1, 0.15) is 0 Å². The van der Waals surface area contributed by atoms with Crippen LogP contribution in [0.15, 0.2) is 0 Å². The quantitative estimate of drug-likeness (QED) is 0.660. The third kappa shape index (κ3) is 6.35. The lowest BCUT2D eigenvalue weighted by Crippen LogP contribution is -2.31. The molecule has 0 bridgehead atoms. The van der Waals surface area contributed by atoms with Gasteiger partial charge in [0, 0.05) is 6.04 Å². The van der Waals surface area contributed by atoms with Crippen molar-refractivity contribution in [2.45, 2.75) is 58.8 Å². The molecule has 4 atom stereocenters. The zero-order valence-electron chi connectivity index (χ0n) is 9.86. The van der Waals surface area contributed by atoms with Crippen LogP contribution in [0.4, 0.5) is 0 Å². The number of ether oxygens (including phenoxy) is 1. The average molecular weight is 203 g/mol. The van der Waals surface area contributed by atoms with Crippen LogP contribution in [0.3, 0.4) is 0 Å². The van der Waals surface area contributed by atoms with Crippen LogP contribution in [0.5, 0.6) is 0 Å². The maximum absolute atomic E-state index is 9.14. The molecule has 0 fully saturated rings. The van der Waals surface area contributed by atoms with Gasteiger partial charge in [0.25, 0.3) is 0 Å². The van der Waals surface area contributed by atoms with Crippen LogP contribution in [0.25, 0.3) is 0 Å². The van der Waals surface area contributed by atoms with E-state index in [2.05, 4.69) is 13.8 Å². The van der Waals surface area contributed by atoms with E-state index in [-0.39, 0.29) is 18.2 Å². The van der Waals surface area contributed by atoms with Crippen molar-refractivity contribution in [2.24, 2.45) is 11.7 Å². The summed E-state index contributed by atoms with van der Waals surface area (Å²) in [6.45, 7) is 8.63. The van der Waals surface area contributed by atoms with Crippen molar-refractivity contribution in [3.8, 4) is 0 Å². The van der Waals surface area contributed by atoms with Crippen molar-refractivity contribution in [1.29, 1.82) is 0 Å². The summed E-state index contributed by atoms with van der Waals surface area (Å²) in [7, 11) is 0. The van der Waals surface area contributed by atoms with E-state index in [0.29, 0.717) is 18.9 Å². The van der Waals surface area contributed by atoms with E-state index in [9.17, 15) is 0 Å². The van der Waals surface area contributed by atoms with Crippen molar-refractivity contribution in [3.05, 3.63) is 0 Å². The predicted octanol–water partition coefficient (Wildman–Crippen LogP) is 1.54. The lowest BCUT2D eigenvalue weighted by Gasteiger charge is -2.21. The summed E-state index contributed by atoms with van der Waals surface area (Å²) in [5.41, 5.74) is 5.87. The van der Waals surface area contributed by atoms with Crippen LogP contribution in [0.2, 0.25) is 0 Å². The average Bonchev–Trinajstić information content (AvgIpc) is 2.11. The van der Waals surface area contributed by atoms with Crippen molar-refractivity contribution >= 4 is 0 Å². The van der Waals surface area contributed by atoms with Gasteiger partial charge < -0.3 is 15.6 Å². The number of aliphatic hydroxyl groups is 1. The van der Waals surface area contributed by atoms with Gasteiger partial charge in [0.2, 0.25) is 0 Å². The number of rotatable bonds is 7. The molecule has 0 rings (SSSR count). The number of aliphatic hydroxyl groups excluding tert-OH is 1. The molecule has 14 heavy (non-hydrogen) atoms. The number of nitrogens with two attached hydrogens (primary N) is 1. The molecule has 0 saturated carbocycles. The summed E-state index contributed by atoms with van der Waals surface area (Å²) >= 11 is 0. The topological polar surface area (TPSA) is 55.5 Å². The van der Waals surface area contributed by atoms with E-state index in [4.69, 9.17) is 15.6 Å². The molecule has 0 aromatic heterocycles. The Morgan fingerprint density at radius 1 is 1.29 bits per heavy atom. The molecule has 0 aromatic rings. The second kappa shape index (κ2) is 7.21. The van der Waals surface area contributed by atoms with Crippen LogP contribution >= 0.6 is 0 Å². The highest BCUT2D eigenvalue weighted by Crippen LogP contribution is 2.08. The molecule has 0 aliphatic rings. The predicted molar refractivity (Wildman–Crippen MR) is 59.1 cm³/mol. The summed E-state index contributed by atoms with van der Waals surface area (Å²) in [5, 5.41) is 9.14. The zero-order chi connectivity index (χ0) is 11.1. The summed E-state index contributed by atoms with van der Waals surface area (Å²) < 4.78 is 5.60. The van der Waals surface area contributed by atoms with Gasteiger partial charge in [-0.25, -0.2) is 0 Å². The van der Waals surface area contributed by atoms with Crippen molar-refractivity contribution in [2.75, 3.05) is 6.61 Å². The molecule has 4 unspecified atom stereocenters. The highest BCUT2D eigenvalue weighted by Gasteiger charge is 2.13. The molecule has 3 heteroatoms. The molecule has 3 nitrogen and oxygen atoms in total. The first-order valence-corrected chi connectivity index (χ1v) is 5.52. The molecule has 0 spiro atoms. The molecule has 0 amide bonds. The van der Waals surface area contributed by atoms with Gasteiger partial charge in [-0.3, -0.25) is 0 Å². The Bertz CT molecular complexity index is 139. The molecule has 0 aliphatic heterocycles. The first-order chi connectivity index (χ1) is 6.47. The van der Waals surface area contributed by atoms with E-state index < -0.39 is 0 Å². The standard InChI is InChI=1S/C11H25NO2/c1-5-11(12)8(2)7-14-10(4)6-9(3)13/h8-11,13H,5-7,12H2,1-4H3. The monoisotopic (exact) mass is 203 g/mol. The van der Waals surface area contributed by atoms with E-state index in [1.807, 2.05) is 6.92 Å². The van der Waals surface area contributed by atoms with E-state index in [1.54, 1.807) is 6.92 Å². The minimum atomic E-state index is -0.292. The smallest absolute Gasteiger partial charge is 0.0571 e. The van der Waals surface area contributed by atoms with Crippen LogP contribution in [-0.4, -0.2) is 30.0 Å². The first kappa shape index (κ1) is 13.9. The molecule has 0 saturated heterocycles. The number of hydrogen-bond donors (Lipinski definition) is 2. The molecule has 0 heterocycles. The van der Waals surface area contributed by atoms with Crippen molar-refractivity contribution in [1.82, 2.24) is 0 Å². The maximum atomic E-state index is 9.14. The largest absolute Gasteiger partial charge is 0.393 e. The third-order valence-corrected chi connectivity index (χ3v) is 2.52. The fraction of sp³-hybridized carbons (Fsp3) is 1.00. The lowest BCUT2D eigenvalue weighted by atomic mass is 10.0. The minimum Gasteiger partial charge on any atom is -0.393 e. The summed E-state index contributed by atoms with van der Waals surface area (Å²) in [4.78, 5) is 0. The van der Waals surface area contributed by atoms with Gasteiger partial charge in [-0.1, -0.05) is 13.8 Å². The third-order valence-electron chi connectivity index (χ3n) is 2.52. The Hall–Kier alpha value is -0.120. The molecule has 0 radical (unpaired) electrons. The maximum Gasteiger partial charge on any atom is 0.0571 e. The van der Waals surface area contributed by atoms with Crippen LogP contribution < -0.4 is 5.73 Å². The van der Waals surface area contributed by atoms with E-state index in [1.165, 1.54) is 0 Å². The Labute approximate surface area is 87.6 Å². The summed E-state index contributed by atoms with van der Waals surface area (Å²) in [6.07, 6.45) is 1.49. The van der Waals surface area contributed by atoms with Gasteiger partial charge >= 0.3 is 0 Å². The minimum absolute atomic E-state index is 0.113. The highest BCUT2D eigenvalue weighted by molar-refractivity contribution is 4.67. The molecule has 3 N–H and O–H groups in total. The molecular formula is C11H25NO2. The number of hydrogen-bond acceptors (Lipinski definition) is 3. The second-order valence-corrected chi connectivity index (χ2v) is 4.28. The fourth-order valence-electron chi connectivity index (χ4n) is 1.39. The van der Waals surface area contributed by atoms with Crippen LogP contribution in [-0.2, 0) is 4.74 Å². The Kier molecular flexibility index (Phi) is 7.15. The van der Waals surface area contributed by atoms with Crippen molar-refractivity contribution in [3.63, 3.8) is 0 Å². The van der Waals surface area contributed by atoms with Gasteiger partial charge in [0.15, 0.2) is 0 Å². The van der Waals surface area contributed by atoms with Gasteiger partial charge in [0.05, 0.1) is 18.8 Å². The van der Waals surface area contributed by atoms with Gasteiger partial charge in [-0.05, 0) is 32.6 Å². The summed E-state index contributed by atoms with van der Waals surface area (Å²) in [6, 6.07) is 0.216.